The van der Waals surface area contributed by atoms with Crippen LogP contribution in [0.1, 0.15) is 44.2 Å². The summed E-state index contributed by atoms with van der Waals surface area (Å²) in [5.41, 5.74) is 2.46. The van der Waals surface area contributed by atoms with Gasteiger partial charge < -0.3 is 14.6 Å². The summed E-state index contributed by atoms with van der Waals surface area (Å²) >= 11 is 0. The number of benzene rings is 1. The van der Waals surface area contributed by atoms with E-state index in [4.69, 9.17) is 10.1 Å². The number of aromatic nitrogens is 2. The molecule has 0 bridgehead atoms. The van der Waals surface area contributed by atoms with Gasteiger partial charge in [0.05, 0.1) is 11.2 Å². The summed E-state index contributed by atoms with van der Waals surface area (Å²) in [4.78, 5) is 7.72. The number of pyridine rings is 1. The van der Waals surface area contributed by atoms with Crippen molar-refractivity contribution < 1.29 is 5.11 Å². The Bertz CT molecular complexity index is 847. The van der Waals surface area contributed by atoms with Gasteiger partial charge in [0.15, 0.2) is 0 Å². The SMILES string of the molecule is CCCCN1CCC(c2nc3ccccc3c3cn(C)cc23)CC1.CO. The second-order valence-electron chi connectivity index (χ2n) is 7.23. The van der Waals surface area contributed by atoms with Crippen molar-refractivity contribution in [3.63, 3.8) is 0 Å². The summed E-state index contributed by atoms with van der Waals surface area (Å²) in [7, 11) is 3.12. The Hall–Kier alpha value is -1.91. The summed E-state index contributed by atoms with van der Waals surface area (Å²) in [5.74, 6) is 0.595. The number of fused-ring (bicyclic) bond motifs is 3. The van der Waals surface area contributed by atoms with Gasteiger partial charge in [-0.15, -0.1) is 0 Å². The molecule has 3 aromatic rings. The molecule has 1 N–H and O–H groups in total. The fourth-order valence-corrected chi connectivity index (χ4v) is 4.11. The Morgan fingerprint density at radius 3 is 2.46 bits per heavy atom. The monoisotopic (exact) mass is 353 g/mol. The number of unbranched alkanes of at least 4 members (excludes halogenated alkanes) is 1. The lowest BCUT2D eigenvalue weighted by molar-refractivity contribution is 0.209. The summed E-state index contributed by atoms with van der Waals surface area (Å²) in [6.45, 7) is 5.97. The number of piperidine rings is 1. The molecule has 0 radical (unpaired) electrons. The Morgan fingerprint density at radius 1 is 1.04 bits per heavy atom. The van der Waals surface area contributed by atoms with Crippen LogP contribution in [0.4, 0.5) is 0 Å². The second-order valence-corrected chi connectivity index (χ2v) is 7.23. The van der Waals surface area contributed by atoms with Crippen molar-refractivity contribution in [3.05, 3.63) is 42.4 Å². The van der Waals surface area contributed by atoms with Crippen LogP contribution in [0.5, 0.6) is 0 Å². The molecule has 0 unspecified atom stereocenters. The van der Waals surface area contributed by atoms with E-state index in [1.54, 1.807) is 0 Å². The number of aliphatic hydroxyl groups excluding tert-OH is 1. The van der Waals surface area contributed by atoms with Crippen molar-refractivity contribution in [2.24, 2.45) is 7.05 Å². The van der Waals surface area contributed by atoms with Crippen LogP contribution in [0.25, 0.3) is 21.7 Å². The molecular weight excluding hydrogens is 322 g/mol. The predicted octanol–water partition coefficient (Wildman–Crippen LogP) is 4.31. The summed E-state index contributed by atoms with van der Waals surface area (Å²) in [6.07, 6.45) is 9.59. The maximum atomic E-state index is 7.00. The minimum absolute atomic E-state index is 0.595. The number of nitrogens with zero attached hydrogens (tertiary/aromatic N) is 3. The summed E-state index contributed by atoms with van der Waals surface area (Å²) in [6, 6.07) is 8.56. The largest absolute Gasteiger partial charge is 0.400 e. The molecule has 1 aromatic carbocycles. The van der Waals surface area contributed by atoms with Gasteiger partial charge in [-0.3, -0.25) is 4.98 Å². The normalized spacial score (nSPS) is 16.0. The van der Waals surface area contributed by atoms with E-state index in [0.29, 0.717) is 5.92 Å². The van der Waals surface area contributed by atoms with Gasteiger partial charge in [0.1, 0.15) is 0 Å². The number of hydrogen-bond acceptors (Lipinski definition) is 3. The first-order valence-corrected chi connectivity index (χ1v) is 9.77. The smallest absolute Gasteiger partial charge is 0.0712 e. The Labute approximate surface area is 156 Å². The first-order valence-electron chi connectivity index (χ1n) is 9.77. The molecule has 1 saturated heterocycles. The third-order valence-electron chi connectivity index (χ3n) is 5.47. The number of hydrogen-bond donors (Lipinski definition) is 1. The number of likely N-dealkylation sites (tertiary alicyclic amines) is 1. The van der Waals surface area contributed by atoms with Crippen LogP contribution in [0.15, 0.2) is 36.7 Å². The fraction of sp³-hybridized carbons (Fsp3) is 0.500. The van der Waals surface area contributed by atoms with Gasteiger partial charge in [-0.1, -0.05) is 31.5 Å². The molecule has 4 nitrogen and oxygen atoms in total. The van der Waals surface area contributed by atoms with Gasteiger partial charge in [0.25, 0.3) is 0 Å². The van der Waals surface area contributed by atoms with Crippen LogP contribution in [-0.4, -0.2) is 46.3 Å². The van der Waals surface area contributed by atoms with Gasteiger partial charge in [0.2, 0.25) is 0 Å². The van der Waals surface area contributed by atoms with Gasteiger partial charge >= 0.3 is 0 Å². The van der Waals surface area contributed by atoms with Crippen LogP contribution in [-0.2, 0) is 7.05 Å². The van der Waals surface area contributed by atoms with Crippen molar-refractivity contribution in [1.82, 2.24) is 14.5 Å². The van der Waals surface area contributed by atoms with Crippen LogP contribution < -0.4 is 0 Å². The minimum atomic E-state index is 0.595. The number of rotatable bonds is 4. The highest BCUT2D eigenvalue weighted by Gasteiger charge is 2.24. The zero-order valence-corrected chi connectivity index (χ0v) is 16.3. The van der Waals surface area contributed by atoms with Crippen molar-refractivity contribution in [2.45, 2.75) is 38.5 Å². The molecule has 1 aliphatic rings. The van der Waals surface area contributed by atoms with Gasteiger partial charge in [0, 0.05) is 48.6 Å². The molecule has 0 atom stereocenters. The third kappa shape index (κ3) is 3.76. The van der Waals surface area contributed by atoms with Crippen molar-refractivity contribution >= 4 is 21.7 Å². The molecule has 0 aliphatic carbocycles. The molecule has 2 aromatic heterocycles. The maximum Gasteiger partial charge on any atom is 0.0712 e. The molecular formula is C22H31N3O. The van der Waals surface area contributed by atoms with Gasteiger partial charge in [-0.2, -0.15) is 0 Å². The first-order chi connectivity index (χ1) is 12.8. The molecule has 0 amide bonds. The quantitative estimate of drug-likeness (QED) is 0.760. The zero-order valence-electron chi connectivity index (χ0n) is 16.3. The molecule has 0 saturated carbocycles. The molecule has 0 spiro atoms. The molecule has 3 heterocycles. The number of aryl methyl sites for hydroxylation is 1. The highest BCUT2D eigenvalue weighted by molar-refractivity contribution is 6.06. The Kier molecular flexibility index (Phi) is 6.28. The van der Waals surface area contributed by atoms with E-state index in [2.05, 4.69) is 60.1 Å². The van der Waals surface area contributed by atoms with Crippen LogP contribution >= 0.6 is 0 Å². The van der Waals surface area contributed by atoms with E-state index in [1.807, 2.05) is 0 Å². The average Bonchev–Trinajstić information content (AvgIpc) is 3.09. The van der Waals surface area contributed by atoms with Gasteiger partial charge in [-0.05, 0) is 45.0 Å². The lowest BCUT2D eigenvalue weighted by Gasteiger charge is -2.32. The van der Waals surface area contributed by atoms with Crippen molar-refractivity contribution in [3.8, 4) is 0 Å². The molecule has 26 heavy (non-hydrogen) atoms. The van der Waals surface area contributed by atoms with E-state index < -0.39 is 0 Å². The van der Waals surface area contributed by atoms with E-state index in [1.165, 1.54) is 67.2 Å². The lowest BCUT2D eigenvalue weighted by Crippen LogP contribution is -2.33. The molecule has 4 heteroatoms. The summed E-state index contributed by atoms with van der Waals surface area (Å²) < 4.78 is 2.18. The Morgan fingerprint density at radius 2 is 1.73 bits per heavy atom. The van der Waals surface area contributed by atoms with Crippen molar-refractivity contribution in [2.75, 3.05) is 26.7 Å². The van der Waals surface area contributed by atoms with Crippen LogP contribution in [0.3, 0.4) is 0 Å². The highest BCUT2D eigenvalue weighted by Crippen LogP contribution is 2.35. The fourth-order valence-electron chi connectivity index (χ4n) is 4.11. The topological polar surface area (TPSA) is 41.3 Å². The minimum Gasteiger partial charge on any atom is -0.400 e. The molecule has 1 aliphatic heterocycles. The molecule has 140 valence electrons. The van der Waals surface area contributed by atoms with Gasteiger partial charge in [-0.25, -0.2) is 0 Å². The van der Waals surface area contributed by atoms with Crippen LogP contribution in [0.2, 0.25) is 0 Å². The molecule has 4 rings (SSSR count). The highest BCUT2D eigenvalue weighted by atomic mass is 16.2. The zero-order chi connectivity index (χ0) is 18.5. The predicted molar refractivity (Wildman–Crippen MR) is 110 cm³/mol. The molecule has 1 fully saturated rings. The van der Waals surface area contributed by atoms with E-state index in [0.717, 1.165) is 12.6 Å². The van der Waals surface area contributed by atoms with Crippen molar-refractivity contribution in [1.29, 1.82) is 0 Å². The maximum absolute atomic E-state index is 7.00. The first kappa shape index (κ1) is 18.9. The summed E-state index contributed by atoms with van der Waals surface area (Å²) in [5, 5.41) is 11.0. The van der Waals surface area contributed by atoms with E-state index >= 15 is 0 Å². The van der Waals surface area contributed by atoms with E-state index in [-0.39, 0.29) is 0 Å². The number of para-hydroxylation sites is 1. The average molecular weight is 354 g/mol. The Balaban J connectivity index is 0.000000948. The van der Waals surface area contributed by atoms with Crippen LogP contribution in [0, 0.1) is 0 Å². The third-order valence-corrected chi connectivity index (χ3v) is 5.47. The number of aliphatic hydroxyl groups is 1. The second kappa shape index (κ2) is 8.65. The lowest BCUT2D eigenvalue weighted by atomic mass is 9.90. The van der Waals surface area contributed by atoms with E-state index in [9.17, 15) is 0 Å². The standard InChI is InChI=1S/C21H27N3.CH4O/c1-3-4-11-24-12-9-16(10-13-24)21-19-15-23(2)14-18(19)17-7-5-6-8-20(17)22-21;1-2/h5-8,14-16H,3-4,9-13H2,1-2H3;2H,1H3.